The maximum Gasteiger partial charge on any atom is 0.322 e. The van der Waals surface area contributed by atoms with Crippen LogP contribution in [-0.4, -0.2) is 36.0 Å². The normalized spacial score (nSPS) is 16.5. The van der Waals surface area contributed by atoms with Crippen molar-refractivity contribution in [1.82, 2.24) is 4.90 Å². The highest BCUT2D eigenvalue weighted by molar-refractivity contribution is 6.30. The number of anilines is 2. The molecule has 1 aliphatic heterocycles. The minimum Gasteiger partial charge on any atom is -0.311 e. The molecule has 0 spiro atoms. The fraction of sp³-hybridized carbons (Fsp3) is 0.167. The number of rotatable bonds is 3. The van der Waals surface area contributed by atoms with Crippen LogP contribution in [0.2, 0.25) is 5.02 Å². The third kappa shape index (κ3) is 4.16. The number of nitrogens with zero attached hydrogens (tertiary/aromatic N) is 2. The highest BCUT2D eigenvalue weighted by Gasteiger charge is 2.35. The van der Waals surface area contributed by atoms with E-state index in [0.717, 1.165) is 16.8 Å². The Hall–Kier alpha value is -3.31. The molecule has 0 aliphatic carbocycles. The molecule has 6 heteroatoms. The van der Waals surface area contributed by atoms with Crippen molar-refractivity contribution < 1.29 is 9.59 Å². The molecule has 30 heavy (non-hydrogen) atoms. The number of benzene rings is 3. The van der Waals surface area contributed by atoms with Gasteiger partial charge in [-0.05, 0) is 48.4 Å². The van der Waals surface area contributed by atoms with Crippen LogP contribution in [0, 0.1) is 0 Å². The van der Waals surface area contributed by atoms with E-state index in [-0.39, 0.29) is 11.9 Å². The van der Waals surface area contributed by atoms with Crippen molar-refractivity contribution in [1.29, 1.82) is 0 Å². The molecular weight excluding hydrogens is 398 g/mol. The fourth-order valence-electron chi connectivity index (χ4n) is 3.63. The van der Waals surface area contributed by atoms with Crippen LogP contribution in [0.15, 0.2) is 78.9 Å². The third-order valence-electron chi connectivity index (χ3n) is 5.28. The van der Waals surface area contributed by atoms with E-state index in [9.17, 15) is 9.59 Å². The zero-order chi connectivity index (χ0) is 21.1. The predicted octanol–water partition coefficient (Wildman–Crippen LogP) is 5.28. The number of piperazine rings is 1. The van der Waals surface area contributed by atoms with Gasteiger partial charge in [0.1, 0.15) is 6.04 Å². The lowest BCUT2D eigenvalue weighted by atomic mass is 10.0. The van der Waals surface area contributed by atoms with Gasteiger partial charge in [-0.3, -0.25) is 4.79 Å². The van der Waals surface area contributed by atoms with E-state index in [1.165, 1.54) is 0 Å². The van der Waals surface area contributed by atoms with Crippen molar-refractivity contribution in [2.75, 3.05) is 23.3 Å². The number of nitrogens with one attached hydrogen (secondary N) is 1. The zero-order valence-corrected chi connectivity index (χ0v) is 17.3. The van der Waals surface area contributed by atoms with Crippen molar-refractivity contribution in [3.63, 3.8) is 0 Å². The zero-order valence-electron chi connectivity index (χ0n) is 16.6. The van der Waals surface area contributed by atoms with Crippen molar-refractivity contribution in [2.45, 2.75) is 13.0 Å². The highest BCUT2D eigenvalue weighted by atomic mass is 35.5. The molecule has 0 saturated carbocycles. The van der Waals surface area contributed by atoms with Crippen LogP contribution in [0.5, 0.6) is 0 Å². The predicted molar refractivity (Wildman–Crippen MR) is 121 cm³/mol. The number of amides is 3. The van der Waals surface area contributed by atoms with Crippen molar-refractivity contribution in [3.05, 3.63) is 83.9 Å². The number of hydrogen-bond acceptors (Lipinski definition) is 2. The Labute approximate surface area is 180 Å². The van der Waals surface area contributed by atoms with Crippen molar-refractivity contribution in [2.24, 2.45) is 0 Å². The monoisotopic (exact) mass is 419 g/mol. The second-order valence-corrected chi connectivity index (χ2v) is 7.65. The van der Waals surface area contributed by atoms with Crippen LogP contribution >= 0.6 is 11.6 Å². The Morgan fingerprint density at radius 2 is 1.63 bits per heavy atom. The van der Waals surface area contributed by atoms with Crippen molar-refractivity contribution >= 4 is 34.9 Å². The molecule has 1 N–H and O–H groups in total. The maximum atomic E-state index is 13.0. The van der Waals surface area contributed by atoms with Gasteiger partial charge in [0.2, 0.25) is 5.91 Å². The first-order valence-electron chi connectivity index (χ1n) is 9.83. The number of carbonyl (C=O) groups is 2. The number of halogens is 1. The lowest BCUT2D eigenvalue weighted by Gasteiger charge is -2.39. The molecule has 0 radical (unpaired) electrons. The van der Waals surface area contributed by atoms with Crippen LogP contribution in [0.3, 0.4) is 0 Å². The summed E-state index contributed by atoms with van der Waals surface area (Å²) in [5.74, 6) is -0.102. The number of urea groups is 1. The van der Waals surface area contributed by atoms with Crippen LogP contribution in [0.25, 0.3) is 11.1 Å². The summed E-state index contributed by atoms with van der Waals surface area (Å²) < 4.78 is 0. The third-order valence-corrected chi connectivity index (χ3v) is 5.51. The average Bonchev–Trinajstić information content (AvgIpc) is 2.76. The molecule has 1 aliphatic rings. The van der Waals surface area contributed by atoms with E-state index in [1.54, 1.807) is 41.0 Å². The average molecular weight is 420 g/mol. The Balaban J connectivity index is 1.45. The molecule has 1 unspecified atom stereocenters. The first-order chi connectivity index (χ1) is 14.5. The molecule has 3 amide bonds. The van der Waals surface area contributed by atoms with Crippen molar-refractivity contribution in [3.8, 4) is 11.1 Å². The second kappa shape index (κ2) is 8.59. The molecule has 4 rings (SSSR count). The summed E-state index contributed by atoms with van der Waals surface area (Å²) in [7, 11) is 0. The van der Waals surface area contributed by atoms with E-state index in [4.69, 9.17) is 11.6 Å². The molecule has 0 bridgehead atoms. The van der Waals surface area contributed by atoms with Crippen LogP contribution < -0.4 is 10.2 Å². The molecule has 152 valence electrons. The topological polar surface area (TPSA) is 52.7 Å². The van der Waals surface area contributed by atoms with E-state index < -0.39 is 6.04 Å². The fourth-order valence-corrected chi connectivity index (χ4v) is 3.82. The van der Waals surface area contributed by atoms with Gasteiger partial charge in [0, 0.05) is 29.5 Å². The number of hydrogen-bond donors (Lipinski definition) is 1. The first-order valence-corrected chi connectivity index (χ1v) is 10.2. The highest BCUT2D eigenvalue weighted by Crippen LogP contribution is 2.26. The van der Waals surface area contributed by atoms with Gasteiger partial charge in [-0.1, -0.05) is 60.1 Å². The Kier molecular flexibility index (Phi) is 5.72. The molecule has 5 nitrogen and oxygen atoms in total. The molecule has 3 aromatic rings. The van der Waals surface area contributed by atoms with Gasteiger partial charge in [-0.15, -0.1) is 0 Å². The van der Waals surface area contributed by atoms with E-state index in [2.05, 4.69) is 17.4 Å². The summed E-state index contributed by atoms with van der Waals surface area (Å²) in [6.07, 6.45) is 0. The molecule has 0 aromatic heterocycles. The standard InChI is InChI=1S/C24H22ClN3O2/c1-17-23(29)28(22-12-10-19(11-13-22)18-6-3-2-4-7-18)15-14-27(17)24(30)26-21-9-5-8-20(25)16-21/h2-13,16-17H,14-15H2,1H3,(H,26,30). The van der Waals surface area contributed by atoms with E-state index in [1.807, 2.05) is 42.5 Å². The molecule has 1 atom stereocenters. The van der Waals surface area contributed by atoms with Crippen LogP contribution in [0.4, 0.5) is 16.2 Å². The van der Waals surface area contributed by atoms with Crippen LogP contribution in [-0.2, 0) is 4.79 Å². The van der Waals surface area contributed by atoms with E-state index in [0.29, 0.717) is 23.8 Å². The molecule has 1 heterocycles. The summed E-state index contributed by atoms with van der Waals surface area (Å²) in [4.78, 5) is 29.0. The SMILES string of the molecule is CC1C(=O)N(c2ccc(-c3ccccc3)cc2)CCN1C(=O)Nc1cccc(Cl)c1. The maximum absolute atomic E-state index is 13.0. The van der Waals surface area contributed by atoms with Gasteiger partial charge in [-0.2, -0.15) is 0 Å². The van der Waals surface area contributed by atoms with E-state index >= 15 is 0 Å². The summed E-state index contributed by atoms with van der Waals surface area (Å²) in [6.45, 7) is 2.64. The minimum absolute atomic E-state index is 0.102. The molecule has 3 aromatic carbocycles. The Bertz CT molecular complexity index is 1050. The Morgan fingerprint density at radius 3 is 2.33 bits per heavy atom. The first kappa shape index (κ1) is 20.0. The summed E-state index contributed by atoms with van der Waals surface area (Å²) in [5, 5.41) is 3.36. The quantitative estimate of drug-likeness (QED) is 0.628. The second-order valence-electron chi connectivity index (χ2n) is 7.21. The lowest BCUT2D eigenvalue weighted by Crippen LogP contribution is -2.58. The lowest BCUT2D eigenvalue weighted by molar-refractivity contribution is -0.123. The summed E-state index contributed by atoms with van der Waals surface area (Å²) in [6, 6.07) is 24.1. The van der Waals surface area contributed by atoms with Gasteiger partial charge in [0.25, 0.3) is 0 Å². The smallest absolute Gasteiger partial charge is 0.311 e. The van der Waals surface area contributed by atoms with Gasteiger partial charge >= 0.3 is 6.03 Å². The van der Waals surface area contributed by atoms with Gasteiger partial charge in [-0.25, -0.2) is 4.79 Å². The van der Waals surface area contributed by atoms with Gasteiger partial charge in [0.15, 0.2) is 0 Å². The summed E-state index contributed by atoms with van der Waals surface area (Å²) in [5.41, 5.74) is 3.66. The van der Waals surface area contributed by atoms with Gasteiger partial charge in [0.05, 0.1) is 0 Å². The number of carbonyl (C=O) groups excluding carboxylic acids is 2. The molecule has 1 saturated heterocycles. The summed E-state index contributed by atoms with van der Waals surface area (Å²) >= 11 is 5.98. The molecular formula is C24H22ClN3O2. The van der Waals surface area contributed by atoms with Crippen LogP contribution in [0.1, 0.15) is 6.92 Å². The van der Waals surface area contributed by atoms with Gasteiger partial charge < -0.3 is 15.1 Å². The largest absolute Gasteiger partial charge is 0.322 e. The minimum atomic E-state index is -0.563. The molecule has 1 fully saturated rings. The Morgan fingerprint density at radius 1 is 0.933 bits per heavy atom.